The first-order valence-corrected chi connectivity index (χ1v) is 10.3. The van der Waals surface area contributed by atoms with Crippen molar-refractivity contribution in [3.05, 3.63) is 40.6 Å². The number of fused-ring (bicyclic) bond motifs is 1. The van der Waals surface area contributed by atoms with Crippen molar-refractivity contribution in [2.24, 2.45) is 10.7 Å². The maximum absolute atomic E-state index is 6.13. The molecule has 0 atom stereocenters. The zero-order chi connectivity index (χ0) is 17.8. The number of amidine groups is 1. The van der Waals surface area contributed by atoms with Gasteiger partial charge in [0.2, 0.25) is 0 Å². The molecule has 26 heavy (non-hydrogen) atoms. The number of anilines is 1. The third-order valence-corrected chi connectivity index (χ3v) is 5.91. The molecule has 4 rings (SSSR count). The van der Waals surface area contributed by atoms with Crippen LogP contribution in [-0.4, -0.2) is 50.1 Å². The van der Waals surface area contributed by atoms with E-state index in [2.05, 4.69) is 20.9 Å². The van der Waals surface area contributed by atoms with Gasteiger partial charge in [0.1, 0.15) is 11.6 Å². The van der Waals surface area contributed by atoms with Gasteiger partial charge in [-0.1, -0.05) is 6.07 Å². The van der Waals surface area contributed by atoms with Gasteiger partial charge >= 0.3 is 0 Å². The van der Waals surface area contributed by atoms with Crippen LogP contribution in [0.15, 0.2) is 40.7 Å². The van der Waals surface area contributed by atoms with E-state index < -0.39 is 0 Å². The van der Waals surface area contributed by atoms with Crippen LogP contribution in [-0.2, 0) is 0 Å². The number of aliphatic imine (C=N–C) groups is 1. The van der Waals surface area contributed by atoms with Gasteiger partial charge in [-0.25, -0.2) is 4.99 Å². The maximum atomic E-state index is 6.13. The van der Waals surface area contributed by atoms with Crippen LogP contribution < -0.4 is 15.4 Å². The molecule has 0 aliphatic carbocycles. The van der Waals surface area contributed by atoms with Crippen LogP contribution >= 0.6 is 11.3 Å². The largest absolute Gasteiger partial charge is 0.491 e. The molecule has 138 valence electrons. The molecule has 0 spiro atoms. The van der Waals surface area contributed by atoms with Crippen molar-refractivity contribution in [2.75, 3.05) is 44.2 Å². The van der Waals surface area contributed by atoms with Crippen LogP contribution in [0.25, 0.3) is 0 Å². The lowest BCUT2D eigenvalue weighted by molar-refractivity contribution is 0.321. The Kier molecular flexibility index (Phi) is 5.41. The van der Waals surface area contributed by atoms with Gasteiger partial charge in [-0.05, 0) is 55.9 Å². The van der Waals surface area contributed by atoms with Crippen LogP contribution in [0.4, 0.5) is 11.4 Å². The van der Waals surface area contributed by atoms with Gasteiger partial charge in [0.25, 0.3) is 0 Å². The normalized spacial score (nSPS) is 18.5. The minimum Gasteiger partial charge on any atom is -0.491 e. The summed E-state index contributed by atoms with van der Waals surface area (Å²) in [6.07, 6.45) is 3.73. The number of ether oxygens (including phenoxy) is 1. The molecule has 3 heterocycles. The molecule has 5 nitrogen and oxygen atoms in total. The quantitative estimate of drug-likeness (QED) is 0.647. The summed E-state index contributed by atoms with van der Waals surface area (Å²) < 4.78 is 6.00. The number of rotatable bonds is 5. The SMILES string of the molecule is NC(=Nc1ccc2c(c1)OCCCN2CCN1CCCC1)c1cccs1. The van der Waals surface area contributed by atoms with Crippen molar-refractivity contribution in [1.82, 2.24) is 4.90 Å². The predicted molar refractivity (Wildman–Crippen MR) is 109 cm³/mol. The Bertz CT molecular complexity index is 753. The third-order valence-electron chi connectivity index (χ3n) is 5.02. The standard InChI is InChI=1S/C20H26N4OS/c21-20(19-5-3-14-26-19)22-16-6-7-17-18(15-16)25-13-4-10-24(17)12-11-23-8-1-2-9-23/h3,5-7,14-15H,1-2,4,8-13H2,(H2,21,22). The molecule has 1 saturated heterocycles. The Morgan fingerprint density at radius 1 is 1.12 bits per heavy atom. The highest BCUT2D eigenvalue weighted by atomic mass is 32.1. The zero-order valence-electron chi connectivity index (χ0n) is 15.1. The van der Waals surface area contributed by atoms with Crippen LogP contribution in [0, 0.1) is 0 Å². The molecule has 2 N–H and O–H groups in total. The number of nitrogens with two attached hydrogens (primary N) is 1. The second-order valence-corrected chi connectivity index (χ2v) is 7.81. The molecule has 2 aliphatic heterocycles. The van der Waals surface area contributed by atoms with E-state index >= 15 is 0 Å². The molecule has 2 aliphatic rings. The Labute approximate surface area is 159 Å². The van der Waals surface area contributed by atoms with Crippen molar-refractivity contribution in [1.29, 1.82) is 0 Å². The molecule has 0 unspecified atom stereocenters. The van der Waals surface area contributed by atoms with Gasteiger partial charge in [0.05, 0.1) is 22.9 Å². The lowest BCUT2D eigenvalue weighted by Gasteiger charge is -2.26. The van der Waals surface area contributed by atoms with Crippen molar-refractivity contribution in [2.45, 2.75) is 19.3 Å². The average molecular weight is 371 g/mol. The Balaban J connectivity index is 1.51. The van der Waals surface area contributed by atoms with Crippen molar-refractivity contribution in [3.8, 4) is 5.75 Å². The summed E-state index contributed by atoms with van der Waals surface area (Å²) in [5.74, 6) is 1.48. The summed E-state index contributed by atoms with van der Waals surface area (Å²) >= 11 is 1.60. The Morgan fingerprint density at radius 2 is 2.00 bits per heavy atom. The smallest absolute Gasteiger partial charge is 0.144 e. The summed E-state index contributed by atoms with van der Waals surface area (Å²) in [6.45, 7) is 6.46. The first kappa shape index (κ1) is 17.4. The fourth-order valence-electron chi connectivity index (χ4n) is 3.63. The highest BCUT2D eigenvalue weighted by Gasteiger charge is 2.19. The van der Waals surface area contributed by atoms with E-state index in [0.29, 0.717) is 5.84 Å². The third kappa shape index (κ3) is 4.02. The lowest BCUT2D eigenvalue weighted by Crippen LogP contribution is -2.34. The summed E-state index contributed by atoms with van der Waals surface area (Å²) in [4.78, 5) is 10.6. The van der Waals surface area contributed by atoms with E-state index in [4.69, 9.17) is 10.5 Å². The molecule has 0 bridgehead atoms. The van der Waals surface area contributed by atoms with E-state index in [-0.39, 0.29) is 0 Å². The highest BCUT2D eigenvalue weighted by molar-refractivity contribution is 7.12. The fourth-order valence-corrected chi connectivity index (χ4v) is 4.25. The first-order valence-electron chi connectivity index (χ1n) is 9.42. The number of hydrogen-bond acceptors (Lipinski definition) is 5. The molecule has 0 amide bonds. The van der Waals surface area contributed by atoms with Crippen molar-refractivity contribution < 1.29 is 4.74 Å². The van der Waals surface area contributed by atoms with Gasteiger partial charge < -0.3 is 20.3 Å². The van der Waals surface area contributed by atoms with Crippen LogP contribution in [0.1, 0.15) is 24.1 Å². The topological polar surface area (TPSA) is 54.1 Å². The summed E-state index contributed by atoms with van der Waals surface area (Å²) in [6, 6.07) is 10.2. The monoisotopic (exact) mass is 370 g/mol. The van der Waals surface area contributed by atoms with Crippen LogP contribution in [0.2, 0.25) is 0 Å². The summed E-state index contributed by atoms with van der Waals surface area (Å²) in [5, 5.41) is 2.01. The number of nitrogens with zero attached hydrogens (tertiary/aromatic N) is 3. The zero-order valence-corrected chi connectivity index (χ0v) is 15.9. The van der Waals surface area contributed by atoms with E-state index in [1.165, 1.54) is 31.6 Å². The number of likely N-dealkylation sites (tertiary alicyclic amines) is 1. The second-order valence-electron chi connectivity index (χ2n) is 6.86. The van der Waals surface area contributed by atoms with Crippen LogP contribution in [0.3, 0.4) is 0 Å². The molecule has 0 saturated carbocycles. The van der Waals surface area contributed by atoms with Crippen molar-refractivity contribution >= 4 is 28.5 Å². The minimum atomic E-state index is 0.555. The first-order chi connectivity index (χ1) is 12.8. The summed E-state index contributed by atoms with van der Waals surface area (Å²) in [5.41, 5.74) is 8.15. The van der Waals surface area contributed by atoms with E-state index in [9.17, 15) is 0 Å². The van der Waals surface area contributed by atoms with E-state index in [0.717, 1.165) is 49.0 Å². The highest BCUT2D eigenvalue weighted by Crippen LogP contribution is 2.34. The van der Waals surface area contributed by atoms with Gasteiger partial charge in [-0.2, -0.15) is 0 Å². The minimum absolute atomic E-state index is 0.555. The van der Waals surface area contributed by atoms with Gasteiger partial charge in [0.15, 0.2) is 0 Å². The predicted octanol–water partition coefficient (Wildman–Crippen LogP) is 3.47. The Morgan fingerprint density at radius 3 is 2.81 bits per heavy atom. The fraction of sp³-hybridized carbons (Fsp3) is 0.450. The molecule has 1 fully saturated rings. The molecule has 0 radical (unpaired) electrons. The average Bonchev–Trinajstić information content (AvgIpc) is 3.32. The van der Waals surface area contributed by atoms with Gasteiger partial charge in [0, 0.05) is 25.7 Å². The maximum Gasteiger partial charge on any atom is 0.144 e. The summed E-state index contributed by atoms with van der Waals surface area (Å²) in [7, 11) is 0. The lowest BCUT2D eigenvalue weighted by atomic mass is 10.2. The number of thiophene rings is 1. The number of hydrogen-bond donors (Lipinski definition) is 1. The van der Waals surface area contributed by atoms with Crippen molar-refractivity contribution in [3.63, 3.8) is 0 Å². The molecule has 6 heteroatoms. The second kappa shape index (κ2) is 8.10. The van der Waals surface area contributed by atoms with E-state index in [1.54, 1.807) is 11.3 Å². The van der Waals surface area contributed by atoms with E-state index in [1.807, 2.05) is 29.6 Å². The molecule has 2 aromatic rings. The Hall–Kier alpha value is -2.05. The van der Waals surface area contributed by atoms with Gasteiger partial charge in [-0.3, -0.25) is 0 Å². The molecular weight excluding hydrogens is 344 g/mol. The molecule has 1 aromatic heterocycles. The molecule has 1 aromatic carbocycles. The molecular formula is C20H26N4OS. The number of benzene rings is 1. The van der Waals surface area contributed by atoms with Crippen LogP contribution in [0.5, 0.6) is 5.75 Å². The van der Waals surface area contributed by atoms with Gasteiger partial charge in [-0.15, -0.1) is 11.3 Å².